The van der Waals surface area contributed by atoms with Gasteiger partial charge in [0.2, 0.25) is 5.91 Å². The van der Waals surface area contributed by atoms with E-state index in [9.17, 15) is 18.0 Å². The van der Waals surface area contributed by atoms with E-state index >= 15 is 0 Å². The molecule has 1 aliphatic rings. The van der Waals surface area contributed by atoms with Crippen LogP contribution in [0.25, 0.3) is 0 Å². The Bertz CT molecular complexity index is 746. The van der Waals surface area contributed by atoms with Gasteiger partial charge in [0.1, 0.15) is 5.82 Å². The lowest BCUT2D eigenvalue weighted by Gasteiger charge is -2.18. The lowest BCUT2D eigenvalue weighted by molar-refractivity contribution is -0.137. The van der Waals surface area contributed by atoms with E-state index in [0.717, 1.165) is 22.8 Å². The number of nitrogens with one attached hydrogen (secondary N) is 1. The molecular weight excluding hydrogens is 355 g/mol. The number of aromatic nitrogens is 3. The van der Waals surface area contributed by atoms with E-state index in [2.05, 4.69) is 19.9 Å². The largest absolute Gasteiger partial charge is 0.417 e. The Labute approximate surface area is 146 Å². The van der Waals surface area contributed by atoms with Gasteiger partial charge in [0.05, 0.1) is 28.6 Å². The molecule has 1 amide bonds. The normalized spacial score (nSPS) is 17.8. The van der Waals surface area contributed by atoms with Crippen LogP contribution in [-0.4, -0.2) is 33.6 Å². The van der Waals surface area contributed by atoms with Crippen LogP contribution < -0.4 is 10.2 Å². The van der Waals surface area contributed by atoms with E-state index in [0.29, 0.717) is 31.9 Å². The van der Waals surface area contributed by atoms with Crippen molar-refractivity contribution in [2.75, 3.05) is 18.0 Å². The molecule has 2 aromatic rings. The minimum atomic E-state index is -4.40. The first-order valence-corrected chi connectivity index (χ1v) is 8.45. The number of pyridine rings is 1. The number of halogens is 3. The number of carbonyl (C=O) groups is 1. The van der Waals surface area contributed by atoms with Gasteiger partial charge in [-0.3, -0.25) is 4.79 Å². The average Bonchev–Trinajstić information content (AvgIpc) is 3.21. The second kappa shape index (κ2) is 6.95. The van der Waals surface area contributed by atoms with Gasteiger partial charge >= 0.3 is 6.18 Å². The van der Waals surface area contributed by atoms with Crippen LogP contribution in [0.4, 0.5) is 19.0 Å². The summed E-state index contributed by atoms with van der Waals surface area (Å²) in [6.45, 7) is 3.23. The molecule has 6 nitrogen and oxygen atoms in total. The van der Waals surface area contributed by atoms with E-state index in [-0.39, 0.29) is 11.8 Å². The van der Waals surface area contributed by atoms with E-state index in [1.54, 1.807) is 0 Å². The smallest absolute Gasteiger partial charge is 0.356 e. The van der Waals surface area contributed by atoms with Crippen molar-refractivity contribution < 1.29 is 18.0 Å². The molecule has 1 unspecified atom stereocenters. The zero-order valence-electron chi connectivity index (χ0n) is 13.4. The Hall–Kier alpha value is -2.23. The minimum Gasteiger partial charge on any atom is -0.356 e. The molecule has 0 aromatic carbocycles. The van der Waals surface area contributed by atoms with Crippen molar-refractivity contribution in [3.05, 3.63) is 34.5 Å². The fourth-order valence-electron chi connectivity index (χ4n) is 2.65. The minimum absolute atomic E-state index is 0.0813. The van der Waals surface area contributed by atoms with Crippen LogP contribution in [0.2, 0.25) is 0 Å². The summed E-state index contributed by atoms with van der Waals surface area (Å²) < 4.78 is 41.6. The number of anilines is 1. The van der Waals surface area contributed by atoms with Crippen molar-refractivity contribution >= 4 is 23.3 Å². The molecule has 1 saturated heterocycles. The van der Waals surface area contributed by atoms with Gasteiger partial charge in [-0.1, -0.05) is 4.49 Å². The molecule has 0 aliphatic carbocycles. The van der Waals surface area contributed by atoms with Gasteiger partial charge in [0.25, 0.3) is 0 Å². The third-order valence-electron chi connectivity index (χ3n) is 4.13. The van der Waals surface area contributed by atoms with Gasteiger partial charge in [-0.05, 0) is 37.0 Å². The number of rotatable bonds is 4. The molecule has 1 aliphatic heterocycles. The zero-order valence-corrected chi connectivity index (χ0v) is 14.2. The SMILES string of the molecule is Cc1nnsc1CNC(=O)C1CCN(c2ccc(C(F)(F)F)cn2)C1. The number of hydrogen-bond acceptors (Lipinski definition) is 6. The number of hydrogen-bond donors (Lipinski definition) is 1. The van der Waals surface area contributed by atoms with Crippen molar-refractivity contribution in [1.29, 1.82) is 0 Å². The van der Waals surface area contributed by atoms with Gasteiger partial charge in [0, 0.05) is 19.3 Å². The molecule has 1 atom stereocenters. The highest BCUT2D eigenvalue weighted by Gasteiger charge is 2.32. The molecule has 1 N–H and O–H groups in total. The molecule has 25 heavy (non-hydrogen) atoms. The molecule has 3 rings (SSSR count). The molecule has 134 valence electrons. The van der Waals surface area contributed by atoms with Crippen molar-refractivity contribution in [3.63, 3.8) is 0 Å². The maximum absolute atomic E-state index is 12.6. The molecule has 0 spiro atoms. The summed E-state index contributed by atoms with van der Waals surface area (Å²) in [6.07, 6.45) is -2.95. The van der Waals surface area contributed by atoms with Crippen LogP contribution >= 0.6 is 11.5 Å². The summed E-state index contributed by atoms with van der Waals surface area (Å²) in [6, 6.07) is 2.35. The topological polar surface area (TPSA) is 71.0 Å². The number of amides is 1. The third-order valence-corrected chi connectivity index (χ3v) is 4.95. The first-order chi connectivity index (χ1) is 11.8. The van der Waals surface area contributed by atoms with Crippen LogP contribution in [0.5, 0.6) is 0 Å². The highest BCUT2D eigenvalue weighted by molar-refractivity contribution is 7.05. The van der Waals surface area contributed by atoms with Crippen molar-refractivity contribution in [3.8, 4) is 0 Å². The summed E-state index contributed by atoms with van der Waals surface area (Å²) in [4.78, 5) is 18.9. The molecule has 1 fully saturated rings. The third kappa shape index (κ3) is 4.06. The highest BCUT2D eigenvalue weighted by atomic mass is 32.1. The zero-order chi connectivity index (χ0) is 18.0. The molecule has 10 heteroatoms. The second-order valence-corrected chi connectivity index (χ2v) is 6.67. The van der Waals surface area contributed by atoms with E-state index in [1.165, 1.54) is 17.6 Å². The summed E-state index contributed by atoms with van der Waals surface area (Å²) in [7, 11) is 0. The van der Waals surface area contributed by atoms with Gasteiger partial charge in [0.15, 0.2) is 0 Å². The van der Waals surface area contributed by atoms with Crippen molar-refractivity contribution in [1.82, 2.24) is 19.9 Å². The van der Waals surface area contributed by atoms with E-state index in [1.807, 2.05) is 11.8 Å². The van der Waals surface area contributed by atoms with Crippen LogP contribution in [0.15, 0.2) is 18.3 Å². The molecular formula is C15H16F3N5OS. The van der Waals surface area contributed by atoms with Crippen LogP contribution in [0.3, 0.4) is 0 Å². The predicted molar refractivity (Wildman–Crippen MR) is 86.1 cm³/mol. The van der Waals surface area contributed by atoms with Gasteiger partial charge in [-0.2, -0.15) is 13.2 Å². The van der Waals surface area contributed by atoms with E-state index < -0.39 is 11.7 Å². The summed E-state index contributed by atoms with van der Waals surface area (Å²) in [5, 5.41) is 6.75. The Morgan fingerprint density at radius 2 is 2.24 bits per heavy atom. The van der Waals surface area contributed by atoms with Crippen LogP contribution in [0.1, 0.15) is 22.6 Å². The Morgan fingerprint density at radius 1 is 1.44 bits per heavy atom. The van der Waals surface area contributed by atoms with Crippen LogP contribution in [-0.2, 0) is 17.5 Å². The number of nitrogens with zero attached hydrogens (tertiary/aromatic N) is 4. The van der Waals surface area contributed by atoms with Crippen LogP contribution in [0, 0.1) is 12.8 Å². The monoisotopic (exact) mass is 371 g/mol. The van der Waals surface area contributed by atoms with Crippen molar-refractivity contribution in [2.45, 2.75) is 26.1 Å². The first kappa shape index (κ1) is 17.6. The first-order valence-electron chi connectivity index (χ1n) is 7.68. The summed E-state index contributed by atoms with van der Waals surface area (Å²) in [5.41, 5.74) is 0.0191. The number of aryl methyl sites for hydroxylation is 1. The lowest BCUT2D eigenvalue weighted by atomic mass is 10.1. The number of alkyl halides is 3. The quantitative estimate of drug-likeness (QED) is 0.894. The maximum atomic E-state index is 12.6. The molecule has 0 radical (unpaired) electrons. The van der Waals surface area contributed by atoms with Gasteiger partial charge in [-0.25, -0.2) is 4.98 Å². The van der Waals surface area contributed by atoms with Gasteiger partial charge in [-0.15, -0.1) is 5.10 Å². The standard InChI is InChI=1S/C15H16F3N5OS/c1-9-12(25-22-21-9)7-20-14(24)10-4-5-23(8-10)13-3-2-11(6-19-13)15(16,17)18/h2-3,6,10H,4-5,7-8H2,1H3,(H,20,24). The number of carbonyl (C=O) groups excluding carboxylic acids is 1. The summed E-state index contributed by atoms with van der Waals surface area (Å²) in [5.74, 6) is 0.151. The Morgan fingerprint density at radius 3 is 2.84 bits per heavy atom. The Kier molecular flexibility index (Phi) is 4.89. The summed E-state index contributed by atoms with van der Waals surface area (Å²) >= 11 is 1.25. The van der Waals surface area contributed by atoms with Crippen molar-refractivity contribution in [2.24, 2.45) is 5.92 Å². The fourth-order valence-corrected chi connectivity index (χ4v) is 3.22. The fraction of sp³-hybridized carbons (Fsp3) is 0.467. The molecule has 2 aromatic heterocycles. The van der Waals surface area contributed by atoms with E-state index in [4.69, 9.17) is 0 Å². The maximum Gasteiger partial charge on any atom is 0.417 e. The second-order valence-electron chi connectivity index (χ2n) is 5.83. The average molecular weight is 371 g/mol. The molecule has 0 saturated carbocycles. The highest BCUT2D eigenvalue weighted by Crippen LogP contribution is 2.30. The Balaban J connectivity index is 1.56. The van der Waals surface area contributed by atoms with Gasteiger partial charge < -0.3 is 10.2 Å². The molecule has 3 heterocycles. The molecule has 0 bridgehead atoms. The lowest BCUT2D eigenvalue weighted by Crippen LogP contribution is -2.32. The predicted octanol–water partition coefficient (Wildman–Crippen LogP) is 2.40.